The molecule has 2 N–H and O–H groups in total. The molecule has 1 spiro atoms. The molecule has 1 heterocycles. The highest BCUT2D eigenvalue weighted by atomic mass is 35.5. The number of urea groups is 1. The van der Waals surface area contributed by atoms with Crippen molar-refractivity contribution in [2.24, 2.45) is 11.3 Å². The van der Waals surface area contributed by atoms with Crippen LogP contribution in [0.15, 0.2) is 12.1 Å². The van der Waals surface area contributed by atoms with Gasteiger partial charge in [0.1, 0.15) is 12.1 Å². The van der Waals surface area contributed by atoms with Gasteiger partial charge in [-0.15, -0.1) is 0 Å². The van der Waals surface area contributed by atoms with E-state index < -0.39 is 24.0 Å². The van der Waals surface area contributed by atoms with E-state index in [2.05, 4.69) is 31.4 Å². The largest absolute Gasteiger partial charge is 0.325 e. The van der Waals surface area contributed by atoms with Crippen molar-refractivity contribution in [3.05, 3.63) is 27.2 Å². The lowest BCUT2D eigenvalue weighted by molar-refractivity contribution is -0.136. The van der Waals surface area contributed by atoms with E-state index in [1.54, 1.807) is 0 Å². The van der Waals surface area contributed by atoms with E-state index >= 15 is 0 Å². The minimum atomic E-state index is -0.950. The third-order valence-electron chi connectivity index (χ3n) is 5.20. The molecule has 1 aromatic rings. The van der Waals surface area contributed by atoms with Crippen LogP contribution in [-0.4, -0.2) is 34.8 Å². The first-order valence-corrected chi connectivity index (χ1v) is 10.1. The monoisotopic (exact) mass is 445 g/mol. The zero-order chi connectivity index (χ0) is 20.9. The number of amides is 4. The number of rotatable bonds is 3. The van der Waals surface area contributed by atoms with E-state index in [0.717, 1.165) is 11.3 Å². The van der Waals surface area contributed by atoms with Crippen LogP contribution in [0.1, 0.15) is 40.0 Å². The molecule has 0 radical (unpaired) electrons. The average molecular weight is 447 g/mol. The van der Waals surface area contributed by atoms with Gasteiger partial charge in [0.15, 0.2) is 0 Å². The summed E-state index contributed by atoms with van der Waals surface area (Å²) in [5.41, 5.74) is -0.843. The Labute approximate surface area is 178 Å². The molecule has 1 saturated carbocycles. The molecule has 1 saturated heterocycles. The summed E-state index contributed by atoms with van der Waals surface area (Å²) in [5.74, 6) is -0.649. The summed E-state index contributed by atoms with van der Waals surface area (Å²) in [5, 5.41) is 6.07. The predicted octanol–water partition coefficient (Wildman–Crippen LogP) is 4.72. The van der Waals surface area contributed by atoms with E-state index in [1.165, 1.54) is 12.1 Å². The number of halogens is 3. The van der Waals surface area contributed by atoms with Gasteiger partial charge in [-0.05, 0) is 42.7 Å². The molecule has 0 aromatic heterocycles. The molecule has 1 aliphatic carbocycles. The van der Waals surface area contributed by atoms with Crippen LogP contribution in [0.5, 0.6) is 0 Å². The van der Waals surface area contributed by atoms with Crippen LogP contribution in [0, 0.1) is 11.3 Å². The van der Waals surface area contributed by atoms with Gasteiger partial charge in [0.05, 0.1) is 15.7 Å². The Morgan fingerprint density at radius 1 is 1.21 bits per heavy atom. The fourth-order valence-electron chi connectivity index (χ4n) is 4.63. The summed E-state index contributed by atoms with van der Waals surface area (Å²) in [6.45, 7) is 5.83. The van der Waals surface area contributed by atoms with E-state index in [-0.39, 0.29) is 33.0 Å². The Morgan fingerprint density at radius 2 is 1.82 bits per heavy atom. The van der Waals surface area contributed by atoms with Crippen LogP contribution in [0.2, 0.25) is 15.1 Å². The van der Waals surface area contributed by atoms with Crippen LogP contribution < -0.4 is 10.6 Å². The van der Waals surface area contributed by atoms with Crippen LogP contribution >= 0.6 is 34.8 Å². The van der Waals surface area contributed by atoms with Crippen molar-refractivity contribution < 1.29 is 14.4 Å². The standard InChI is InChI=1S/C19H22Cl3N3O3/c1-10-6-18(2,3)9-19(7-10)16(27)25(17(28)24-19)8-14(26)23-15-12(21)4-11(20)5-13(15)22/h4-5,10H,6-9H2,1-3H3,(H,23,26)(H,24,28)/t10-,19+/m1/s1. The molecule has 0 unspecified atom stereocenters. The lowest BCUT2D eigenvalue weighted by atomic mass is 9.64. The Hall–Kier alpha value is -1.50. The second kappa shape index (κ2) is 7.39. The number of hydrogen-bond donors (Lipinski definition) is 2. The highest BCUT2D eigenvalue weighted by Gasteiger charge is 2.56. The van der Waals surface area contributed by atoms with E-state index in [1.807, 2.05) is 0 Å². The first-order valence-electron chi connectivity index (χ1n) is 9.01. The van der Waals surface area contributed by atoms with Crippen molar-refractivity contribution in [1.29, 1.82) is 0 Å². The molecular formula is C19H22Cl3N3O3. The number of nitrogens with zero attached hydrogens (tertiary/aromatic N) is 1. The van der Waals surface area contributed by atoms with Gasteiger partial charge in [0.2, 0.25) is 5.91 Å². The molecular weight excluding hydrogens is 425 g/mol. The van der Waals surface area contributed by atoms with Crippen molar-refractivity contribution in [3.8, 4) is 0 Å². The lowest BCUT2D eigenvalue weighted by Crippen LogP contribution is -2.54. The zero-order valence-electron chi connectivity index (χ0n) is 15.9. The van der Waals surface area contributed by atoms with E-state index in [9.17, 15) is 14.4 Å². The Bertz CT molecular complexity index is 835. The number of imide groups is 1. The highest BCUT2D eigenvalue weighted by molar-refractivity contribution is 6.42. The lowest BCUT2D eigenvalue weighted by Gasteiger charge is -2.43. The number of anilines is 1. The molecule has 152 valence electrons. The first kappa shape index (κ1) is 21.2. The maximum atomic E-state index is 13.1. The van der Waals surface area contributed by atoms with E-state index in [0.29, 0.717) is 17.9 Å². The Kier molecular flexibility index (Phi) is 5.60. The molecule has 0 bridgehead atoms. The normalized spacial score (nSPS) is 26.5. The van der Waals surface area contributed by atoms with Gasteiger partial charge < -0.3 is 10.6 Å². The molecule has 2 fully saturated rings. The summed E-state index contributed by atoms with van der Waals surface area (Å²) in [6.07, 6.45) is 2.09. The summed E-state index contributed by atoms with van der Waals surface area (Å²) in [4.78, 5) is 39.0. The fourth-order valence-corrected chi connectivity index (χ4v) is 5.55. The van der Waals surface area contributed by atoms with Crippen LogP contribution in [0.3, 0.4) is 0 Å². The SMILES string of the molecule is C[C@@H]1CC(C)(C)C[C@]2(C1)NC(=O)N(CC(=O)Nc1c(Cl)cc(Cl)cc1Cl)C2=O. The molecule has 1 aliphatic heterocycles. The molecule has 6 nitrogen and oxygen atoms in total. The van der Waals surface area contributed by atoms with Gasteiger partial charge in [-0.25, -0.2) is 4.79 Å². The van der Waals surface area contributed by atoms with Crippen molar-refractivity contribution in [2.45, 2.75) is 45.6 Å². The maximum absolute atomic E-state index is 13.1. The Morgan fingerprint density at radius 3 is 2.39 bits per heavy atom. The van der Waals surface area contributed by atoms with Crippen molar-refractivity contribution >= 4 is 58.3 Å². The topological polar surface area (TPSA) is 78.5 Å². The van der Waals surface area contributed by atoms with Gasteiger partial charge in [-0.3, -0.25) is 14.5 Å². The predicted molar refractivity (Wildman–Crippen MR) is 110 cm³/mol. The quantitative estimate of drug-likeness (QED) is 0.659. The smallest absolute Gasteiger partial charge is 0.323 e. The van der Waals surface area contributed by atoms with Crippen LogP contribution in [0.4, 0.5) is 10.5 Å². The molecule has 1 aromatic carbocycles. The number of hydrogen-bond acceptors (Lipinski definition) is 3. The van der Waals surface area contributed by atoms with E-state index in [4.69, 9.17) is 34.8 Å². The summed E-state index contributed by atoms with van der Waals surface area (Å²) < 4.78 is 0. The van der Waals surface area contributed by atoms with Gasteiger partial charge in [0, 0.05) is 5.02 Å². The molecule has 28 heavy (non-hydrogen) atoms. The third-order valence-corrected chi connectivity index (χ3v) is 6.01. The van der Waals surface area contributed by atoms with Crippen molar-refractivity contribution in [1.82, 2.24) is 10.2 Å². The summed E-state index contributed by atoms with van der Waals surface area (Å²) in [6, 6.07) is 2.33. The number of carbonyl (C=O) groups excluding carboxylic acids is 3. The molecule has 9 heteroatoms. The maximum Gasteiger partial charge on any atom is 0.325 e. The number of nitrogens with one attached hydrogen (secondary N) is 2. The minimum Gasteiger partial charge on any atom is -0.323 e. The van der Waals surface area contributed by atoms with Gasteiger partial charge in [0.25, 0.3) is 5.91 Å². The first-order chi connectivity index (χ1) is 12.9. The van der Waals surface area contributed by atoms with Crippen molar-refractivity contribution in [3.63, 3.8) is 0 Å². The third kappa shape index (κ3) is 4.09. The number of carbonyl (C=O) groups is 3. The average Bonchev–Trinajstić information content (AvgIpc) is 2.72. The molecule has 2 atom stereocenters. The van der Waals surface area contributed by atoms with Crippen LogP contribution in [-0.2, 0) is 9.59 Å². The second-order valence-corrected chi connectivity index (χ2v) is 9.80. The minimum absolute atomic E-state index is 0.0801. The molecule has 4 amide bonds. The fraction of sp³-hybridized carbons (Fsp3) is 0.526. The molecule has 3 rings (SSSR count). The van der Waals surface area contributed by atoms with Crippen LogP contribution in [0.25, 0.3) is 0 Å². The van der Waals surface area contributed by atoms with Gasteiger partial charge in [-0.1, -0.05) is 55.6 Å². The van der Waals surface area contributed by atoms with Gasteiger partial charge >= 0.3 is 6.03 Å². The summed E-state index contributed by atoms with van der Waals surface area (Å²) >= 11 is 18.0. The van der Waals surface area contributed by atoms with Gasteiger partial charge in [-0.2, -0.15) is 0 Å². The zero-order valence-corrected chi connectivity index (χ0v) is 18.1. The van der Waals surface area contributed by atoms with Crippen molar-refractivity contribution in [2.75, 3.05) is 11.9 Å². The summed E-state index contributed by atoms with van der Waals surface area (Å²) in [7, 11) is 0. The molecule has 2 aliphatic rings. The number of benzene rings is 1. The highest BCUT2D eigenvalue weighted by Crippen LogP contribution is 2.46. The second-order valence-electron chi connectivity index (χ2n) is 8.55. The Balaban J connectivity index is 1.75.